The number of nitrogens with zero attached hydrogens (tertiary/aromatic N) is 3. The summed E-state index contributed by atoms with van der Waals surface area (Å²) in [5.74, 6) is 0.388. The van der Waals surface area contributed by atoms with Crippen molar-refractivity contribution in [1.82, 2.24) is 19.4 Å². The van der Waals surface area contributed by atoms with Crippen molar-refractivity contribution in [3.05, 3.63) is 74.5 Å². The lowest BCUT2D eigenvalue weighted by atomic mass is 10.1. The fourth-order valence-electron chi connectivity index (χ4n) is 3.40. The van der Waals surface area contributed by atoms with E-state index in [-0.39, 0.29) is 29.4 Å². The van der Waals surface area contributed by atoms with E-state index in [1.807, 2.05) is 0 Å². The molecule has 2 heterocycles. The number of hydrogen-bond acceptors (Lipinski definition) is 7. The third kappa shape index (κ3) is 4.71. The molecule has 0 atom stereocenters. The minimum Gasteiger partial charge on any atom is -0.412 e. The lowest BCUT2D eigenvalue weighted by molar-refractivity contribution is 0.168. The van der Waals surface area contributed by atoms with Crippen molar-refractivity contribution in [2.45, 2.75) is 6.54 Å². The van der Waals surface area contributed by atoms with Crippen molar-refractivity contribution >= 4 is 50.1 Å². The van der Waals surface area contributed by atoms with Gasteiger partial charge in [-0.1, -0.05) is 53.5 Å². The van der Waals surface area contributed by atoms with Crippen molar-refractivity contribution < 1.29 is 13.3 Å². The van der Waals surface area contributed by atoms with Crippen LogP contribution in [0.4, 0.5) is 5.82 Å². The molecule has 0 spiro atoms. The van der Waals surface area contributed by atoms with Crippen LogP contribution in [0.1, 0.15) is 5.56 Å². The zero-order valence-electron chi connectivity index (χ0n) is 18.0. The first-order valence-corrected chi connectivity index (χ1v) is 12.5. The van der Waals surface area contributed by atoms with Gasteiger partial charge in [0.25, 0.3) is 5.56 Å². The van der Waals surface area contributed by atoms with Crippen LogP contribution in [-0.4, -0.2) is 36.5 Å². The average molecular weight is 520 g/mol. The lowest BCUT2D eigenvalue weighted by Gasteiger charge is -2.14. The van der Waals surface area contributed by atoms with E-state index < -0.39 is 15.6 Å². The summed E-state index contributed by atoms with van der Waals surface area (Å²) in [6.07, 6.45) is 1.09. The van der Waals surface area contributed by atoms with Crippen LogP contribution in [0, 0.1) is 0 Å². The Morgan fingerprint density at radius 1 is 1.09 bits per heavy atom. The van der Waals surface area contributed by atoms with Crippen LogP contribution in [-0.2, 0) is 16.6 Å². The fourth-order valence-corrected chi connectivity index (χ4v) is 4.43. The van der Waals surface area contributed by atoms with E-state index in [9.17, 15) is 13.2 Å². The number of anilines is 1. The lowest BCUT2D eigenvalue weighted by Crippen LogP contribution is -2.27. The smallest absolute Gasteiger partial charge is 0.293 e. The summed E-state index contributed by atoms with van der Waals surface area (Å²) in [5, 5.41) is 0.978. The maximum Gasteiger partial charge on any atom is 0.293 e. The Hall–Kier alpha value is -3.18. The minimum absolute atomic E-state index is 0.123. The maximum atomic E-state index is 13.2. The van der Waals surface area contributed by atoms with Gasteiger partial charge in [0.05, 0.1) is 27.3 Å². The van der Waals surface area contributed by atoms with Gasteiger partial charge >= 0.3 is 0 Å². The van der Waals surface area contributed by atoms with Crippen molar-refractivity contribution in [2.75, 3.05) is 19.1 Å². The quantitative estimate of drug-likeness (QED) is 0.400. The molecule has 0 aliphatic carbocycles. The molecule has 0 fully saturated rings. The highest BCUT2D eigenvalue weighted by molar-refractivity contribution is 7.88. The number of aromatic nitrogens is 3. The van der Waals surface area contributed by atoms with Crippen molar-refractivity contribution in [3.8, 4) is 22.5 Å². The molecule has 4 aromatic rings. The number of halogens is 2. The van der Waals surface area contributed by atoms with E-state index in [1.54, 1.807) is 48.5 Å². The van der Waals surface area contributed by atoms with Crippen molar-refractivity contribution in [1.29, 1.82) is 0 Å². The van der Waals surface area contributed by atoms with Crippen LogP contribution >= 0.6 is 23.2 Å². The Labute approximate surface area is 205 Å². The van der Waals surface area contributed by atoms with Crippen molar-refractivity contribution in [3.63, 3.8) is 0 Å². The predicted octanol–water partition coefficient (Wildman–Crippen LogP) is 3.12. The Morgan fingerprint density at radius 2 is 1.74 bits per heavy atom. The van der Waals surface area contributed by atoms with E-state index in [2.05, 4.69) is 14.7 Å². The Balaban J connectivity index is 1.83. The van der Waals surface area contributed by atoms with E-state index in [0.29, 0.717) is 26.6 Å². The van der Waals surface area contributed by atoms with Gasteiger partial charge in [-0.25, -0.2) is 23.1 Å². The number of sulfonamides is 1. The molecule has 0 saturated carbocycles. The van der Waals surface area contributed by atoms with Gasteiger partial charge in [-0.15, -0.1) is 4.73 Å². The fraction of sp³-hybridized carbons (Fsp3) is 0.136. The summed E-state index contributed by atoms with van der Waals surface area (Å²) in [5.41, 5.74) is 7.81. The molecular formula is C22H19Cl2N5O4S. The number of fused-ring (bicyclic) bond motifs is 1. The number of nitrogens with one attached hydrogen (secondary N) is 1. The van der Waals surface area contributed by atoms with Crippen LogP contribution in [0.2, 0.25) is 10.0 Å². The van der Waals surface area contributed by atoms with Gasteiger partial charge in [0.1, 0.15) is 12.9 Å². The standard InChI is InChI=1S/C22H19Cl2N5O4S/c1-33-29-21-15(10-14(22(29)30)18-16(23)4-3-5-17(18)24)19(25)27-20(28-21)13-8-6-12(7-9-13)11-26-34(2,31)32/h3-10,26H,11H2,1-2H3,(H2,25,27,28). The second-order valence-electron chi connectivity index (χ2n) is 7.40. The molecule has 0 bridgehead atoms. The Bertz CT molecular complexity index is 1550. The summed E-state index contributed by atoms with van der Waals surface area (Å²) in [6.45, 7) is 0.149. The number of pyridine rings is 1. The molecule has 2 aromatic heterocycles. The van der Waals surface area contributed by atoms with Gasteiger partial charge in [-0.3, -0.25) is 4.79 Å². The number of benzene rings is 2. The second-order valence-corrected chi connectivity index (χ2v) is 10.0. The molecule has 176 valence electrons. The number of nitrogen functional groups attached to an aromatic ring is 1. The van der Waals surface area contributed by atoms with Crippen LogP contribution < -0.4 is 20.9 Å². The summed E-state index contributed by atoms with van der Waals surface area (Å²) >= 11 is 12.6. The SMILES string of the molecule is COn1c(=O)c(-c2c(Cl)cccc2Cl)cc2c(N)nc(-c3ccc(CNS(C)(=O)=O)cc3)nc21. The van der Waals surface area contributed by atoms with Crippen LogP contribution in [0.3, 0.4) is 0 Å². The highest BCUT2D eigenvalue weighted by Gasteiger charge is 2.20. The third-order valence-corrected chi connectivity index (χ3v) is 6.31. The maximum absolute atomic E-state index is 13.2. The molecule has 9 nitrogen and oxygen atoms in total. The molecule has 0 unspecified atom stereocenters. The van der Waals surface area contributed by atoms with Gasteiger partial charge < -0.3 is 10.6 Å². The summed E-state index contributed by atoms with van der Waals surface area (Å²) in [7, 11) is -1.98. The van der Waals surface area contributed by atoms with Crippen LogP contribution in [0.25, 0.3) is 33.5 Å². The monoisotopic (exact) mass is 519 g/mol. The molecule has 0 aliphatic rings. The normalized spacial score (nSPS) is 11.6. The molecule has 0 aliphatic heterocycles. The van der Waals surface area contributed by atoms with Gasteiger partial charge in [0, 0.05) is 17.7 Å². The first kappa shape index (κ1) is 24.0. The van der Waals surface area contributed by atoms with E-state index in [0.717, 1.165) is 16.5 Å². The molecular weight excluding hydrogens is 501 g/mol. The first-order valence-electron chi connectivity index (χ1n) is 9.85. The van der Waals surface area contributed by atoms with Crippen molar-refractivity contribution in [2.24, 2.45) is 0 Å². The summed E-state index contributed by atoms with van der Waals surface area (Å²) in [6, 6.07) is 13.4. The van der Waals surface area contributed by atoms with Gasteiger partial charge in [0.2, 0.25) is 10.0 Å². The minimum atomic E-state index is -3.31. The third-order valence-electron chi connectivity index (χ3n) is 5.02. The molecule has 3 N–H and O–H groups in total. The van der Waals surface area contributed by atoms with E-state index >= 15 is 0 Å². The highest BCUT2D eigenvalue weighted by Crippen LogP contribution is 2.34. The Kier molecular flexibility index (Phi) is 6.50. The van der Waals surface area contributed by atoms with Crippen LogP contribution in [0.5, 0.6) is 0 Å². The van der Waals surface area contributed by atoms with Crippen LogP contribution in [0.15, 0.2) is 53.3 Å². The predicted molar refractivity (Wildman–Crippen MR) is 133 cm³/mol. The summed E-state index contributed by atoms with van der Waals surface area (Å²) < 4.78 is 26.0. The molecule has 0 radical (unpaired) electrons. The molecule has 2 aromatic carbocycles. The molecule has 12 heteroatoms. The van der Waals surface area contributed by atoms with Gasteiger partial charge in [-0.05, 0) is 23.8 Å². The zero-order chi connectivity index (χ0) is 24.6. The summed E-state index contributed by atoms with van der Waals surface area (Å²) in [4.78, 5) is 27.5. The molecule has 0 saturated heterocycles. The van der Waals surface area contributed by atoms with Gasteiger partial charge in [0.15, 0.2) is 11.5 Å². The first-order chi connectivity index (χ1) is 16.1. The topological polar surface area (TPSA) is 129 Å². The highest BCUT2D eigenvalue weighted by atomic mass is 35.5. The molecule has 34 heavy (non-hydrogen) atoms. The second kappa shape index (κ2) is 9.22. The number of hydrogen-bond donors (Lipinski definition) is 2. The molecule has 4 rings (SSSR count). The average Bonchev–Trinajstić information content (AvgIpc) is 2.78. The van der Waals surface area contributed by atoms with E-state index in [1.165, 1.54) is 7.11 Å². The van der Waals surface area contributed by atoms with E-state index in [4.69, 9.17) is 33.8 Å². The molecule has 0 amide bonds. The number of rotatable bonds is 6. The number of nitrogens with two attached hydrogens (primary N) is 1. The van der Waals surface area contributed by atoms with Gasteiger partial charge in [-0.2, -0.15) is 0 Å². The Morgan fingerprint density at radius 3 is 2.32 bits per heavy atom. The largest absolute Gasteiger partial charge is 0.412 e. The zero-order valence-corrected chi connectivity index (χ0v) is 20.4.